The fourth-order valence-electron chi connectivity index (χ4n) is 5.46. The predicted molar refractivity (Wildman–Crippen MR) is 114 cm³/mol. The van der Waals surface area contributed by atoms with Crippen LogP contribution in [0.2, 0.25) is 0 Å². The van der Waals surface area contributed by atoms with E-state index in [1.54, 1.807) is 16.2 Å². The largest absolute Gasteiger partial charge is 0.494 e. The van der Waals surface area contributed by atoms with Crippen LogP contribution in [0.5, 0.6) is 5.75 Å². The number of aromatic nitrogens is 1. The summed E-state index contributed by atoms with van der Waals surface area (Å²) in [6.07, 6.45) is 5.13. The lowest BCUT2D eigenvalue weighted by molar-refractivity contribution is -0.945. The van der Waals surface area contributed by atoms with E-state index in [-0.39, 0.29) is 0 Å². The van der Waals surface area contributed by atoms with E-state index in [9.17, 15) is 0 Å². The number of hydrogen-bond donors (Lipinski definition) is 1. The van der Waals surface area contributed by atoms with E-state index in [1.165, 1.54) is 54.3 Å². The topological polar surface area (TPSA) is 18.6 Å². The zero-order chi connectivity index (χ0) is 19.1. The molecule has 1 aromatic heterocycles. The molecule has 0 saturated heterocycles. The van der Waals surface area contributed by atoms with E-state index in [0.717, 1.165) is 25.4 Å². The summed E-state index contributed by atoms with van der Waals surface area (Å²) >= 11 is 0. The number of nitrogens with zero attached hydrogens (tertiary/aromatic N) is 1. The Bertz CT molecular complexity index is 982. The highest BCUT2D eigenvalue weighted by Gasteiger charge is 2.36. The van der Waals surface area contributed by atoms with Gasteiger partial charge >= 0.3 is 0 Å². The van der Waals surface area contributed by atoms with Gasteiger partial charge in [-0.3, -0.25) is 0 Å². The molecule has 3 aromatic rings. The highest BCUT2D eigenvalue weighted by atomic mass is 16.5. The van der Waals surface area contributed by atoms with Crippen LogP contribution in [0.15, 0.2) is 42.5 Å². The van der Waals surface area contributed by atoms with Crippen molar-refractivity contribution in [2.45, 2.75) is 58.7 Å². The number of hydrogen-bond acceptors (Lipinski definition) is 1. The molecule has 2 heterocycles. The number of benzene rings is 2. The highest BCUT2D eigenvalue weighted by molar-refractivity contribution is 5.86. The number of rotatable bonds is 4. The van der Waals surface area contributed by atoms with E-state index in [1.807, 2.05) is 6.92 Å². The smallest absolute Gasteiger partial charge is 0.129 e. The molecular formula is C25H31N2O+. The Balaban J connectivity index is 1.50. The van der Waals surface area contributed by atoms with Crippen LogP contribution in [0.3, 0.4) is 0 Å². The SMILES string of the molecule is CCOc1ccc(C[NH+]2CCCn3c4c(c5cc(C)ccc53)CCC[C@H]42)cc1. The average molecular weight is 376 g/mol. The first-order valence-electron chi connectivity index (χ1n) is 10.9. The molecule has 0 fully saturated rings. The summed E-state index contributed by atoms with van der Waals surface area (Å²) in [5.74, 6) is 0.979. The third-order valence-electron chi connectivity index (χ3n) is 6.66. The molecule has 3 heteroatoms. The molecule has 5 rings (SSSR count). The fraction of sp³-hybridized carbons (Fsp3) is 0.440. The van der Waals surface area contributed by atoms with Crippen LogP contribution in [0.25, 0.3) is 10.9 Å². The molecular weight excluding hydrogens is 344 g/mol. The minimum absolute atomic E-state index is 0.630. The zero-order valence-electron chi connectivity index (χ0n) is 17.1. The van der Waals surface area contributed by atoms with Crippen molar-refractivity contribution in [3.8, 4) is 5.75 Å². The Morgan fingerprint density at radius 1 is 1.11 bits per heavy atom. The lowest BCUT2D eigenvalue weighted by Gasteiger charge is -2.31. The van der Waals surface area contributed by atoms with Crippen molar-refractivity contribution in [1.82, 2.24) is 4.57 Å². The molecule has 3 nitrogen and oxygen atoms in total. The summed E-state index contributed by atoms with van der Waals surface area (Å²) in [5, 5.41) is 1.52. The Hall–Kier alpha value is -2.26. The number of ether oxygens (including phenoxy) is 1. The monoisotopic (exact) mass is 375 g/mol. The van der Waals surface area contributed by atoms with Gasteiger partial charge in [-0.25, -0.2) is 0 Å². The summed E-state index contributed by atoms with van der Waals surface area (Å²) in [7, 11) is 0. The van der Waals surface area contributed by atoms with Crippen LogP contribution in [0, 0.1) is 6.92 Å². The quantitative estimate of drug-likeness (QED) is 0.723. The molecule has 1 aliphatic carbocycles. The Morgan fingerprint density at radius 3 is 2.79 bits per heavy atom. The summed E-state index contributed by atoms with van der Waals surface area (Å²) < 4.78 is 8.28. The van der Waals surface area contributed by atoms with E-state index in [0.29, 0.717) is 6.04 Å². The number of fused-ring (bicyclic) bond motifs is 3. The van der Waals surface area contributed by atoms with Crippen molar-refractivity contribution in [2.24, 2.45) is 0 Å². The molecule has 0 saturated carbocycles. The Kier molecular flexibility index (Phi) is 4.64. The van der Waals surface area contributed by atoms with Gasteiger partial charge in [-0.05, 0) is 68.7 Å². The second kappa shape index (κ2) is 7.29. The maximum Gasteiger partial charge on any atom is 0.129 e. The Labute approximate surface area is 167 Å². The molecule has 2 aromatic carbocycles. The van der Waals surface area contributed by atoms with Crippen LogP contribution >= 0.6 is 0 Å². The van der Waals surface area contributed by atoms with E-state index in [2.05, 4.69) is 54.0 Å². The second-order valence-electron chi connectivity index (χ2n) is 8.50. The summed E-state index contributed by atoms with van der Waals surface area (Å²) in [5.41, 5.74) is 7.55. The van der Waals surface area contributed by atoms with E-state index < -0.39 is 0 Å². The van der Waals surface area contributed by atoms with E-state index >= 15 is 0 Å². The molecule has 0 bridgehead atoms. The van der Waals surface area contributed by atoms with Gasteiger partial charge in [-0.1, -0.05) is 11.6 Å². The summed E-state index contributed by atoms with van der Waals surface area (Å²) in [4.78, 5) is 1.74. The van der Waals surface area contributed by atoms with Crippen molar-refractivity contribution in [3.05, 3.63) is 64.8 Å². The van der Waals surface area contributed by atoms with Gasteiger partial charge < -0.3 is 14.2 Å². The van der Waals surface area contributed by atoms with Gasteiger partial charge in [0.2, 0.25) is 0 Å². The van der Waals surface area contributed by atoms with Crippen molar-refractivity contribution in [1.29, 1.82) is 0 Å². The van der Waals surface area contributed by atoms with Gasteiger partial charge in [-0.15, -0.1) is 0 Å². The first-order chi connectivity index (χ1) is 13.7. The summed E-state index contributed by atoms with van der Waals surface area (Å²) in [6, 6.07) is 16.5. The van der Waals surface area contributed by atoms with Gasteiger partial charge in [0.25, 0.3) is 0 Å². The number of aryl methyl sites for hydroxylation is 3. The van der Waals surface area contributed by atoms with E-state index in [4.69, 9.17) is 4.74 Å². The molecule has 0 amide bonds. The minimum atomic E-state index is 0.630. The van der Waals surface area contributed by atoms with Gasteiger partial charge in [0.05, 0.1) is 18.8 Å². The van der Waals surface area contributed by atoms with Crippen LogP contribution < -0.4 is 9.64 Å². The van der Waals surface area contributed by atoms with Gasteiger partial charge in [0.1, 0.15) is 18.3 Å². The van der Waals surface area contributed by atoms with Crippen molar-refractivity contribution < 1.29 is 9.64 Å². The standard InChI is InChI=1S/C25H30N2O/c1-3-28-20-11-9-19(10-12-20)17-26-14-5-15-27-23-13-8-18(2)16-22(23)21-6-4-7-24(26)25(21)27/h8-13,16,24H,3-7,14-15,17H2,1-2H3/p+1/t24-/m1/s1. The maximum absolute atomic E-state index is 5.62. The summed E-state index contributed by atoms with van der Waals surface area (Å²) in [6.45, 7) is 8.52. The van der Waals surface area contributed by atoms with Crippen molar-refractivity contribution in [3.63, 3.8) is 0 Å². The van der Waals surface area contributed by atoms with Crippen molar-refractivity contribution in [2.75, 3.05) is 13.2 Å². The van der Waals surface area contributed by atoms with Crippen LogP contribution in [-0.4, -0.2) is 17.7 Å². The van der Waals surface area contributed by atoms with Gasteiger partial charge in [0.15, 0.2) is 0 Å². The van der Waals surface area contributed by atoms with Gasteiger partial charge in [0, 0.05) is 35.9 Å². The normalized spacial score (nSPS) is 21.4. The maximum atomic E-state index is 5.62. The lowest BCUT2D eigenvalue weighted by Crippen LogP contribution is -3.11. The molecule has 2 atom stereocenters. The first kappa shape index (κ1) is 17.8. The molecule has 1 N–H and O–H groups in total. The van der Waals surface area contributed by atoms with Crippen LogP contribution in [-0.2, 0) is 19.5 Å². The fourth-order valence-corrected chi connectivity index (χ4v) is 5.46. The predicted octanol–water partition coefficient (Wildman–Crippen LogP) is 4.21. The minimum Gasteiger partial charge on any atom is -0.494 e. The molecule has 146 valence electrons. The second-order valence-corrected chi connectivity index (χ2v) is 8.50. The molecule has 0 spiro atoms. The lowest BCUT2D eigenvalue weighted by atomic mass is 9.90. The first-order valence-corrected chi connectivity index (χ1v) is 10.9. The number of quaternary nitrogens is 1. The molecule has 2 aliphatic rings. The zero-order valence-corrected chi connectivity index (χ0v) is 17.1. The molecule has 0 radical (unpaired) electrons. The highest BCUT2D eigenvalue weighted by Crippen LogP contribution is 2.37. The van der Waals surface area contributed by atoms with Gasteiger partial charge in [-0.2, -0.15) is 0 Å². The molecule has 28 heavy (non-hydrogen) atoms. The average Bonchev–Trinajstić information content (AvgIpc) is 2.90. The Morgan fingerprint density at radius 2 is 1.96 bits per heavy atom. The van der Waals surface area contributed by atoms with Crippen molar-refractivity contribution >= 4 is 10.9 Å². The third-order valence-corrected chi connectivity index (χ3v) is 6.66. The molecule has 1 aliphatic heterocycles. The number of nitrogens with one attached hydrogen (secondary N) is 1. The van der Waals surface area contributed by atoms with Crippen LogP contribution in [0.4, 0.5) is 0 Å². The third kappa shape index (κ3) is 3.02. The molecule has 1 unspecified atom stereocenters. The van der Waals surface area contributed by atoms with Crippen LogP contribution in [0.1, 0.15) is 54.6 Å².